The van der Waals surface area contributed by atoms with Crippen LogP contribution in [0.5, 0.6) is 0 Å². The summed E-state index contributed by atoms with van der Waals surface area (Å²) in [7, 11) is 0. The number of carbonyl (C=O) groups is 1. The zero-order chi connectivity index (χ0) is 13.8. The summed E-state index contributed by atoms with van der Waals surface area (Å²) in [6.07, 6.45) is -0.0154. The van der Waals surface area contributed by atoms with Crippen molar-refractivity contribution < 1.29 is 13.9 Å². The fraction of sp³-hybridized carbons (Fsp3) is 0.923. The lowest BCUT2D eigenvalue weighted by atomic mass is 9.99. The molecule has 2 saturated heterocycles. The maximum atomic E-state index is 14.0. The normalized spacial score (nSPS) is 32.6. The van der Waals surface area contributed by atoms with E-state index in [0.29, 0.717) is 19.5 Å². The highest BCUT2D eigenvalue weighted by molar-refractivity contribution is 5.79. The molecule has 0 aromatic carbocycles. The molecule has 0 aromatic rings. The molecule has 5 nitrogen and oxygen atoms in total. The lowest BCUT2D eigenvalue weighted by Gasteiger charge is -2.37. The van der Waals surface area contributed by atoms with Crippen molar-refractivity contribution in [1.82, 2.24) is 15.8 Å². The minimum atomic E-state index is -1.07. The number of nitrogens with zero attached hydrogens (tertiary/aromatic N) is 1. The SMILES string of the molecule is CC(C)O[C@H]1CCN(C(=O)C2CCNNC2)C[C@H]1F. The minimum absolute atomic E-state index is 0.0270. The first-order chi connectivity index (χ1) is 9.08. The number of carbonyl (C=O) groups excluding carboxylic acids is 1. The highest BCUT2D eigenvalue weighted by Crippen LogP contribution is 2.21. The van der Waals surface area contributed by atoms with Crippen LogP contribution < -0.4 is 10.9 Å². The van der Waals surface area contributed by atoms with E-state index in [9.17, 15) is 9.18 Å². The standard InChI is InChI=1S/C13H24FN3O2/c1-9(2)19-12-4-6-17(8-11(12)14)13(18)10-3-5-15-16-7-10/h9-12,15-16H,3-8H2,1-2H3/t10?,11-,12+/m1/s1. The molecule has 3 atom stereocenters. The first-order valence-electron chi connectivity index (χ1n) is 7.12. The summed E-state index contributed by atoms with van der Waals surface area (Å²) >= 11 is 0. The van der Waals surface area contributed by atoms with Gasteiger partial charge in [0.1, 0.15) is 6.17 Å². The molecule has 2 rings (SSSR count). The predicted molar refractivity (Wildman–Crippen MR) is 70.2 cm³/mol. The summed E-state index contributed by atoms with van der Waals surface area (Å²) in [5, 5.41) is 0. The van der Waals surface area contributed by atoms with E-state index in [2.05, 4.69) is 10.9 Å². The molecule has 0 radical (unpaired) electrons. The molecule has 2 aliphatic rings. The number of hydrazine groups is 1. The van der Waals surface area contributed by atoms with Crippen molar-refractivity contribution in [3.8, 4) is 0 Å². The van der Waals surface area contributed by atoms with Crippen LogP contribution in [-0.4, -0.2) is 55.4 Å². The Hall–Kier alpha value is -0.720. The number of likely N-dealkylation sites (tertiary alicyclic amines) is 1. The second-order valence-electron chi connectivity index (χ2n) is 5.61. The van der Waals surface area contributed by atoms with Crippen LogP contribution in [0.25, 0.3) is 0 Å². The molecular formula is C13H24FN3O2. The van der Waals surface area contributed by atoms with E-state index in [0.717, 1.165) is 13.0 Å². The molecule has 0 saturated carbocycles. The first kappa shape index (κ1) is 14.7. The van der Waals surface area contributed by atoms with Gasteiger partial charge in [-0.3, -0.25) is 15.6 Å². The van der Waals surface area contributed by atoms with Crippen molar-refractivity contribution in [1.29, 1.82) is 0 Å². The number of alkyl halides is 1. The fourth-order valence-electron chi connectivity index (χ4n) is 2.69. The first-order valence-corrected chi connectivity index (χ1v) is 7.12. The largest absolute Gasteiger partial charge is 0.372 e. The molecule has 0 aromatic heterocycles. The molecule has 2 heterocycles. The van der Waals surface area contributed by atoms with Gasteiger partial charge in [-0.05, 0) is 26.7 Å². The molecule has 19 heavy (non-hydrogen) atoms. The number of hydrogen-bond donors (Lipinski definition) is 2. The van der Waals surface area contributed by atoms with Gasteiger partial charge in [0, 0.05) is 19.6 Å². The summed E-state index contributed by atoms with van der Waals surface area (Å²) in [6.45, 7) is 5.98. The Morgan fingerprint density at radius 1 is 1.37 bits per heavy atom. The van der Waals surface area contributed by atoms with Gasteiger partial charge in [0.05, 0.1) is 24.7 Å². The summed E-state index contributed by atoms with van der Waals surface area (Å²) in [5.41, 5.74) is 5.98. The highest BCUT2D eigenvalue weighted by Gasteiger charge is 2.35. The Morgan fingerprint density at radius 3 is 2.74 bits per heavy atom. The van der Waals surface area contributed by atoms with E-state index in [1.807, 2.05) is 13.8 Å². The Morgan fingerprint density at radius 2 is 2.16 bits per heavy atom. The number of hydrogen-bond acceptors (Lipinski definition) is 4. The molecule has 6 heteroatoms. The van der Waals surface area contributed by atoms with Gasteiger partial charge in [0.15, 0.2) is 0 Å². The third kappa shape index (κ3) is 3.87. The van der Waals surface area contributed by atoms with Gasteiger partial charge < -0.3 is 9.64 Å². The number of amides is 1. The second-order valence-corrected chi connectivity index (χ2v) is 5.61. The molecule has 1 amide bonds. The van der Waals surface area contributed by atoms with E-state index in [4.69, 9.17) is 4.74 Å². The third-order valence-electron chi connectivity index (χ3n) is 3.68. The van der Waals surface area contributed by atoms with Crippen molar-refractivity contribution in [2.45, 2.75) is 45.1 Å². The summed E-state index contributed by atoms with van der Waals surface area (Å²) in [5.74, 6) is 0.0377. The molecule has 0 aliphatic carbocycles. The zero-order valence-corrected chi connectivity index (χ0v) is 11.7. The lowest BCUT2D eigenvalue weighted by Crippen LogP contribution is -2.54. The number of halogens is 1. The quantitative estimate of drug-likeness (QED) is 0.784. The monoisotopic (exact) mass is 273 g/mol. The Bertz CT molecular complexity index is 308. The smallest absolute Gasteiger partial charge is 0.227 e. The molecule has 2 fully saturated rings. The van der Waals surface area contributed by atoms with Gasteiger partial charge in [0.25, 0.3) is 0 Å². The number of piperidine rings is 1. The molecule has 0 bridgehead atoms. The van der Waals surface area contributed by atoms with Crippen LogP contribution in [0, 0.1) is 5.92 Å². The third-order valence-corrected chi connectivity index (χ3v) is 3.68. The van der Waals surface area contributed by atoms with Crippen LogP contribution in [0.2, 0.25) is 0 Å². The fourth-order valence-corrected chi connectivity index (χ4v) is 2.69. The van der Waals surface area contributed by atoms with E-state index in [1.54, 1.807) is 4.90 Å². The lowest BCUT2D eigenvalue weighted by molar-refractivity contribution is -0.143. The van der Waals surface area contributed by atoms with Gasteiger partial charge in [0.2, 0.25) is 5.91 Å². The van der Waals surface area contributed by atoms with Crippen LogP contribution in [-0.2, 0) is 9.53 Å². The van der Waals surface area contributed by atoms with Gasteiger partial charge in [-0.25, -0.2) is 4.39 Å². The number of nitrogens with one attached hydrogen (secondary N) is 2. The van der Waals surface area contributed by atoms with E-state index in [1.165, 1.54) is 0 Å². The van der Waals surface area contributed by atoms with Gasteiger partial charge >= 0.3 is 0 Å². The van der Waals surface area contributed by atoms with Crippen molar-refractivity contribution in [3.63, 3.8) is 0 Å². The van der Waals surface area contributed by atoms with E-state index < -0.39 is 6.17 Å². The van der Waals surface area contributed by atoms with Crippen LogP contribution in [0.3, 0.4) is 0 Å². The second kappa shape index (κ2) is 6.63. The van der Waals surface area contributed by atoms with Gasteiger partial charge in [-0.2, -0.15) is 0 Å². The van der Waals surface area contributed by atoms with Crippen LogP contribution in [0.15, 0.2) is 0 Å². The molecule has 2 aliphatic heterocycles. The summed E-state index contributed by atoms with van der Waals surface area (Å²) < 4.78 is 19.6. The Labute approximate surface area is 113 Å². The predicted octanol–water partition coefficient (Wildman–Crippen LogP) is 0.465. The summed E-state index contributed by atoms with van der Waals surface area (Å²) in [6, 6.07) is 0. The molecule has 0 spiro atoms. The van der Waals surface area contributed by atoms with Gasteiger partial charge in [-0.1, -0.05) is 0 Å². The van der Waals surface area contributed by atoms with Crippen LogP contribution in [0.1, 0.15) is 26.7 Å². The molecule has 2 N–H and O–H groups in total. The minimum Gasteiger partial charge on any atom is -0.372 e. The van der Waals surface area contributed by atoms with Crippen LogP contribution >= 0.6 is 0 Å². The topological polar surface area (TPSA) is 53.6 Å². The Balaban J connectivity index is 1.85. The maximum Gasteiger partial charge on any atom is 0.227 e. The number of ether oxygens (including phenoxy) is 1. The highest BCUT2D eigenvalue weighted by atomic mass is 19.1. The van der Waals surface area contributed by atoms with Crippen molar-refractivity contribution in [3.05, 3.63) is 0 Å². The van der Waals surface area contributed by atoms with E-state index in [-0.39, 0.29) is 30.6 Å². The molecule has 1 unspecified atom stereocenters. The number of rotatable bonds is 3. The average molecular weight is 273 g/mol. The maximum absolute atomic E-state index is 14.0. The molecular weight excluding hydrogens is 249 g/mol. The summed E-state index contributed by atoms with van der Waals surface area (Å²) in [4.78, 5) is 13.9. The average Bonchev–Trinajstić information content (AvgIpc) is 2.41. The van der Waals surface area contributed by atoms with Crippen LogP contribution in [0.4, 0.5) is 4.39 Å². The molecule has 110 valence electrons. The van der Waals surface area contributed by atoms with E-state index >= 15 is 0 Å². The van der Waals surface area contributed by atoms with Crippen molar-refractivity contribution in [2.24, 2.45) is 5.92 Å². The zero-order valence-electron chi connectivity index (χ0n) is 11.7. The van der Waals surface area contributed by atoms with Crippen molar-refractivity contribution in [2.75, 3.05) is 26.2 Å². The Kier molecular flexibility index (Phi) is 5.13. The van der Waals surface area contributed by atoms with Gasteiger partial charge in [-0.15, -0.1) is 0 Å². The van der Waals surface area contributed by atoms with Crippen molar-refractivity contribution >= 4 is 5.91 Å².